The van der Waals surface area contributed by atoms with Crippen molar-refractivity contribution in [3.63, 3.8) is 0 Å². The molecule has 0 bridgehead atoms. The standard InChI is InChI=1S/C19H25N3O4/c1-19(2,3)26-18(24)22-9-8-13(11-22)16-14-10-12(17(23)25-5)6-7-15(14)21(4)20-16/h6-7,10,13H,8-9,11H2,1-5H3/t13-/m1/s1. The third-order valence-electron chi connectivity index (χ3n) is 4.53. The van der Waals surface area contributed by atoms with Crippen LogP contribution in [0.15, 0.2) is 18.2 Å². The third-order valence-corrected chi connectivity index (χ3v) is 4.53. The predicted molar refractivity (Wildman–Crippen MR) is 97.2 cm³/mol. The number of hydrogen-bond acceptors (Lipinski definition) is 5. The molecule has 1 aromatic carbocycles. The van der Waals surface area contributed by atoms with E-state index in [1.807, 2.05) is 44.6 Å². The van der Waals surface area contributed by atoms with Crippen LogP contribution >= 0.6 is 0 Å². The molecule has 3 rings (SSSR count). The van der Waals surface area contributed by atoms with Crippen molar-refractivity contribution in [2.45, 2.75) is 38.7 Å². The smallest absolute Gasteiger partial charge is 0.410 e. The van der Waals surface area contributed by atoms with E-state index < -0.39 is 5.60 Å². The minimum Gasteiger partial charge on any atom is -0.465 e. The van der Waals surface area contributed by atoms with E-state index in [2.05, 4.69) is 5.10 Å². The number of amides is 1. The normalized spacial score (nSPS) is 17.6. The lowest BCUT2D eigenvalue weighted by atomic mass is 10.00. The zero-order valence-electron chi connectivity index (χ0n) is 15.9. The number of esters is 1. The zero-order chi connectivity index (χ0) is 19.1. The summed E-state index contributed by atoms with van der Waals surface area (Å²) in [5, 5.41) is 5.57. The van der Waals surface area contributed by atoms with E-state index >= 15 is 0 Å². The molecule has 140 valence electrons. The van der Waals surface area contributed by atoms with Gasteiger partial charge in [-0.1, -0.05) is 0 Å². The van der Waals surface area contributed by atoms with Crippen LogP contribution in [0.1, 0.15) is 49.2 Å². The molecule has 0 radical (unpaired) electrons. The third kappa shape index (κ3) is 3.52. The van der Waals surface area contributed by atoms with Crippen LogP contribution in [0.2, 0.25) is 0 Å². The van der Waals surface area contributed by atoms with E-state index in [-0.39, 0.29) is 18.0 Å². The second kappa shape index (κ2) is 6.63. The largest absolute Gasteiger partial charge is 0.465 e. The topological polar surface area (TPSA) is 73.7 Å². The molecular weight excluding hydrogens is 334 g/mol. The maximum atomic E-state index is 12.3. The quantitative estimate of drug-likeness (QED) is 0.771. The average Bonchev–Trinajstić information content (AvgIpc) is 3.17. The molecule has 1 aliphatic rings. The summed E-state index contributed by atoms with van der Waals surface area (Å²) < 4.78 is 12.1. The van der Waals surface area contributed by atoms with E-state index in [1.54, 1.807) is 11.0 Å². The first-order valence-electron chi connectivity index (χ1n) is 8.72. The molecule has 0 spiro atoms. The van der Waals surface area contributed by atoms with Crippen molar-refractivity contribution >= 4 is 23.0 Å². The fourth-order valence-corrected chi connectivity index (χ4v) is 3.31. The van der Waals surface area contributed by atoms with E-state index in [0.717, 1.165) is 23.0 Å². The van der Waals surface area contributed by atoms with Gasteiger partial charge in [0, 0.05) is 31.4 Å². The van der Waals surface area contributed by atoms with E-state index in [9.17, 15) is 9.59 Å². The number of carbonyl (C=O) groups excluding carboxylic acids is 2. The molecule has 7 heteroatoms. The van der Waals surface area contributed by atoms with Crippen LogP contribution in [0.3, 0.4) is 0 Å². The zero-order valence-corrected chi connectivity index (χ0v) is 15.9. The van der Waals surface area contributed by atoms with E-state index in [0.29, 0.717) is 18.7 Å². The summed E-state index contributed by atoms with van der Waals surface area (Å²) >= 11 is 0. The molecular formula is C19H25N3O4. The minimum absolute atomic E-state index is 0.110. The summed E-state index contributed by atoms with van der Waals surface area (Å²) in [4.78, 5) is 25.9. The van der Waals surface area contributed by atoms with Gasteiger partial charge in [0.05, 0.1) is 23.9 Å². The van der Waals surface area contributed by atoms with Crippen LogP contribution in [0, 0.1) is 0 Å². The van der Waals surface area contributed by atoms with Crippen LogP contribution in [0.4, 0.5) is 4.79 Å². The van der Waals surface area contributed by atoms with Crippen molar-refractivity contribution < 1.29 is 19.1 Å². The molecule has 26 heavy (non-hydrogen) atoms. The van der Waals surface area contributed by atoms with Gasteiger partial charge < -0.3 is 14.4 Å². The van der Waals surface area contributed by atoms with Gasteiger partial charge in [0.1, 0.15) is 5.60 Å². The highest BCUT2D eigenvalue weighted by atomic mass is 16.6. The number of hydrogen-bond donors (Lipinski definition) is 0. The number of fused-ring (bicyclic) bond motifs is 1. The lowest BCUT2D eigenvalue weighted by Crippen LogP contribution is -2.35. The lowest BCUT2D eigenvalue weighted by Gasteiger charge is -2.24. The predicted octanol–water partition coefficient (Wildman–Crippen LogP) is 3.08. The van der Waals surface area contributed by atoms with Crippen molar-refractivity contribution in [3.8, 4) is 0 Å². The fourth-order valence-electron chi connectivity index (χ4n) is 3.31. The number of aromatic nitrogens is 2. The van der Waals surface area contributed by atoms with Gasteiger partial charge in [0.25, 0.3) is 0 Å². The van der Waals surface area contributed by atoms with Crippen molar-refractivity contribution in [1.29, 1.82) is 0 Å². The van der Waals surface area contributed by atoms with Gasteiger partial charge in [0.2, 0.25) is 0 Å². The van der Waals surface area contributed by atoms with E-state index in [1.165, 1.54) is 7.11 Å². The van der Waals surface area contributed by atoms with Gasteiger partial charge >= 0.3 is 12.1 Å². The lowest BCUT2D eigenvalue weighted by molar-refractivity contribution is 0.0292. The summed E-state index contributed by atoms with van der Waals surface area (Å²) in [6, 6.07) is 5.43. The molecule has 1 saturated heterocycles. The molecule has 1 atom stereocenters. The molecule has 0 N–H and O–H groups in total. The van der Waals surface area contributed by atoms with Crippen LogP contribution in [-0.2, 0) is 16.5 Å². The molecule has 1 aliphatic heterocycles. The van der Waals surface area contributed by atoms with Gasteiger partial charge in [-0.25, -0.2) is 9.59 Å². The first-order valence-corrected chi connectivity index (χ1v) is 8.72. The monoisotopic (exact) mass is 359 g/mol. The number of rotatable bonds is 2. The number of ether oxygens (including phenoxy) is 2. The minimum atomic E-state index is -0.512. The molecule has 7 nitrogen and oxygen atoms in total. The number of aryl methyl sites for hydroxylation is 1. The Morgan fingerprint density at radius 3 is 2.65 bits per heavy atom. The van der Waals surface area contributed by atoms with Crippen molar-refractivity contribution in [3.05, 3.63) is 29.5 Å². The summed E-state index contributed by atoms with van der Waals surface area (Å²) in [6.07, 6.45) is 0.517. The fraction of sp³-hybridized carbons (Fsp3) is 0.526. The summed E-state index contributed by atoms with van der Waals surface area (Å²) in [7, 11) is 3.25. The van der Waals surface area contributed by atoms with Crippen LogP contribution in [0.5, 0.6) is 0 Å². The Labute approximate surface area is 152 Å². The van der Waals surface area contributed by atoms with Gasteiger partial charge in [-0.15, -0.1) is 0 Å². The highest BCUT2D eigenvalue weighted by Gasteiger charge is 2.33. The molecule has 0 unspecified atom stereocenters. The number of nitrogens with zero attached hydrogens (tertiary/aromatic N) is 3. The van der Waals surface area contributed by atoms with Crippen LogP contribution < -0.4 is 0 Å². The molecule has 0 aliphatic carbocycles. The van der Waals surface area contributed by atoms with Gasteiger partial charge in [-0.05, 0) is 45.4 Å². The second-order valence-corrected chi connectivity index (χ2v) is 7.64. The SMILES string of the molecule is COC(=O)c1ccc2c(c1)c([C@@H]1CCN(C(=O)OC(C)(C)C)C1)nn2C. The summed E-state index contributed by atoms with van der Waals surface area (Å²) in [5.74, 6) is -0.261. The Morgan fingerprint density at radius 2 is 2.00 bits per heavy atom. The van der Waals surface area contributed by atoms with E-state index in [4.69, 9.17) is 9.47 Å². The number of methoxy groups -OCH3 is 1. The molecule has 1 amide bonds. The highest BCUT2D eigenvalue weighted by Crippen LogP contribution is 2.33. The van der Waals surface area contributed by atoms with Gasteiger partial charge in [0.15, 0.2) is 0 Å². The Morgan fingerprint density at radius 1 is 1.27 bits per heavy atom. The first-order chi connectivity index (χ1) is 12.2. The second-order valence-electron chi connectivity index (χ2n) is 7.64. The molecule has 1 fully saturated rings. The summed E-state index contributed by atoms with van der Waals surface area (Å²) in [6.45, 7) is 6.77. The van der Waals surface area contributed by atoms with Crippen molar-refractivity contribution in [1.82, 2.24) is 14.7 Å². The number of carbonyl (C=O) groups is 2. The Balaban J connectivity index is 1.87. The Hall–Kier alpha value is -2.57. The summed E-state index contributed by atoms with van der Waals surface area (Å²) in [5.41, 5.74) is 1.83. The Kier molecular flexibility index (Phi) is 4.64. The first kappa shape index (κ1) is 18.2. The van der Waals surface area contributed by atoms with Gasteiger partial charge in [-0.3, -0.25) is 4.68 Å². The molecule has 0 saturated carbocycles. The number of benzene rings is 1. The molecule has 2 heterocycles. The average molecular weight is 359 g/mol. The highest BCUT2D eigenvalue weighted by molar-refractivity contribution is 5.95. The van der Waals surface area contributed by atoms with Crippen molar-refractivity contribution in [2.24, 2.45) is 7.05 Å². The van der Waals surface area contributed by atoms with Crippen molar-refractivity contribution in [2.75, 3.05) is 20.2 Å². The number of likely N-dealkylation sites (tertiary alicyclic amines) is 1. The Bertz CT molecular complexity index is 850. The molecule has 1 aromatic heterocycles. The molecule has 2 aromatic rings. The van der Waals surface area contributed by atoms with Crippen LogP contribution in [-0.4, -0.2) is 52.5 Å². The van der Waals surface area contributed by atoms with Crippen LogP contribution in [0.25, 0.3) is 10.9 Å². The van der Waals surface area contributed by atoms with Gasteiger partial charge in [-0.2, -0.15) is 5.10 Å². The maximum Gasteiger partial charge on any atom is 0.410 e. The maximum absolute atomic E-state index is 12.3.